The lowest BCUT2D eigenvalue weighted by atomic mass is 10.2. The smallest absolute Gasteiger partial charge is 0.332 e. The monoisotopic (exact) mass is 187 g/mol. The fourth-order valence-electron chi connectivity index (χ4n) is 1.50. The Bertz CT molecular complexity index is 184. The molecular weight excluding hydrogens is 170 g/mol. The topological polar surface area (TPSA) is 49.8 Å². The quantitative estimate of drug-likeness (QED) is 0.699. The molecule has 0 amide bonds. The van der Waals surface area contributed by atoms with E-state index < -0.39 is 12.1 Å². The van der Waals surface area contributed by atoms with Crippen LogP contribution in [0.2, 0.25) is 0 Å². The van der Waals surface area contributed by atoms with Crippen LogP contribution >= 0.6 is 0 Å². The highest BCUT2D eigenvalue weighted by Gasteiger charge is 2.30. The van der Waals surface area contributed by atoms with Gasteiger partial charge in [-0.05, 0) is 26.4 Å². The van der Waals surface area contributed by atoms with Crippen LogP contribution in [0.3, 0.4) is 0 Å². The molecule has 1 fully saturated rings. The molecule has 0 aliphatic carbocycles. The highest BCUT2D eigenvalue weighted by molar-refractivity contribution is 5.72. The molecule has 4 heteroatoms. The van der Waals surface area contributed by atoms with Gasteiger partial charge < -0.3 is 14.7 Å². The lowest BCUT2D eigenvalue weighted by Gasteiger charge is -2.18. The van der Waals surface area contributed by atoms with E-state index in [2.05, 4.69) is 11.8 Å². The van der Waals surface area contributed by atoms with Crippen LogP contribution < -0.4 is 0 Å². The van der Waals surface area contributed by atoms with Crippen molar-refractivity contribution in [1.29, 1.82) is 0 Å². The molecule has 0 saturated carbocycles. The first kappa shape index (κ1) is 10.5. The van der Waals surface area contributed by atoms with E-state index in [1.807, 2.05) is 7.05 Å². The molecule has 1 saturated heterocycles. The van der Waals surface area contributed by atoms with Gasteiger partial charge in [0, 0.05) is 6.54 Å². The second-order valence-electron chi connectivity index (χ2n) is 3.52. The predicted molar refractivity (Wildman–Crippen MR) is 48.7 cm³/mol. The third-order valence-electron chi connectivity index (χ3n) is 2.44. The van der Waals surface area contributed by atoms with Gasteiger partial charge in [-0.2, -0.15) is 0 Å². The Labute approximate surface area is 78.5 Å². The Morgan fingerprint density at radius 1 is 1.62 bits per heavy atom. The normalized spacial score (nSPS) is 28.2. The molecule has 0 radical (unpaired) electrons. The Kier molecular flexibility index (Phi) is 3.69. The van der Waals surface area contributed by atoms with Gasteiger partial charge in [0.05, 0.1) is 6.10 Å². The number of carboxylic acid groups (broad SMARTS) is 1. The average Bonchev–Trinajstić information content (AvgIpc) is 2.52. The zero-order chi connectivity index (χ0) is 9.84. The summed E-state index contributed by atoms with van der Waals surface area (Å²) in [6.45, 7) is 3.88. The molecule has 0 aromatic carbocycles. The third-order valence-corrected chi connectivity index (χ3v) is 2.44. The van der Waals surface area contributed by atoms with E-state index in [1.54, 1.807) is 0 Å². The van der Waals surface area contributed by atoms with Crippen molar-refractivity contribution in [3.63, 3.8) is 0 Å². The molecule has 2 atom stereocenters. The van der Waals surface area contributed by atoms with Gasteiger partial charge in [-0.15, -0.1) is 0 Å². The molecular formula is C9H17NO3. The second-order valence-corrected chi connectivity index (χ2v) is 3.52. The van der Waals surface area contributed by atoms with E-state index in [-0.39, 0.29) is 6.10 Å². The van der Waals surface area contributed by atoms with Crippen molar-refractivity contribution in [2.45, 2.75) is 32.0 Å². The van der Waals surface area contributed by atoms with Crippen molar-refractivity contribution >= 4 is 5.97 Å². The summed E-state index contributed by atoms with van der Waals surface area (Å²) in [6, 6.07) is 0. The second kappa shape index (κ2) is 4.58. The highest BCUT2D eigenvalue weighted by atomic mass is 16.5. The first-order valence-corrected chi connectivity index (χ1v) is 4.70. The molecule has 0 bridgehead atoms. The molecule has 76 valence electrons. The largest absolute Gasteiger partial charge is 0.479 e. The molecule has 4 nitrogen and oxygen atoms in total. The summed E-state index contributed by atoms with van der Waals surface area (Å²) in [5, 5.41) is 8.68. The van der Waals surface area contributed by atoms with Crippen molar-refractivity contribution in [1.82, 2.24) is 4.90 Å². The minimum Gasteiger partial charge on any atom is -0.479 e. The number of ether oxygens (including phenoxy) is 1. The van der Waals surface area contributed by atoms with Gasteiger partial charge in [0.2, 0.25) is 0 Å². The van der Waals surface area contributed by atoms with Gasteiger partial charge in [-0.25, -0.2) is 4.79 Å². The van der Waals surface area contributed by atoms with Crippen LogP contribution in [0.15, 0.2) is 0 Å². The number of hydrogen-bond donors (Lipinski definition) is 1. The minimum atomic E-state index is -0.832. The van der Waals surface area contributed by atoms with E-state index in [9.17, 15) is 4.79 Å². The number of carboxylic acids is 1. The molecule has 1 aliphatic heterocycles. The molecule has 0 aromatic rings. The van der Waals surface area contributed by atoms with Gasteiger partial charge in [0.25, 0.3) is 0 Å². The number of rotatable bonds is 4. The van der Waals surface area contributed by atoms with Crippen molar-refractivity contribution < 1.29 is 14.6 Å². The van der Waals surface area contributed by atoms with Crippen molar-refractivity contribution in [3.05, 3.63) is 0 Å². The van der Waals surface area contributed by atoms with Gasteiger partial charge in [0.15, 0.2) is 6.10 Å². The first-order valence-electron chi connectivity index (χ1n) is 4.70. The Morgan fingerprint density at radius 2 is 2.31 bits per heavy atom. The average molecular weight is 187 g/mol. The van der Waals surface area contributed by atoms with E-state index in [0.717, 1.165) is 19.5 Å². The molecule has 0 unspecified atom stereocenters. The zero-order valence-electron chi connectivity index (χ0n) is 8.19. The lowest BCUT2D eigenvalue weighted by molar-refractivity contribution is -0.149. The molecule has 1 N–H and O–H groups in total. The van der Waals surface area contributed by atoms with Crippen LogP contribution in [-0.2, 0) is 9.53 Å². The third kappa shape index (κ3) is 2.97. The van der Waals surface area contributed by atoms with Crippen LogP contribution in [0, 0.1) is 0 Å². The lowest BCUT2D eigenvalue weighted by Crippen LogP contribution is -2.30. The van der Waals surface area contributed by atoms with Gasteiger partial charge in [-0.3, -0.25) is 0 Å². The van der Waals surface area contributed by atoms with Crippen molar-refractivity contribution in [2.75, 3.05) is 20.1 Å². The van der Waals surface area contributed by atoms with E-state index in [1.165, 1.54) is 0 Å². The van der Waals surface area contributed by atoms with Crippen LogP contribution in [0.25, 0.3) is 0 Å². The SMILES string of the molecule is CCN(C)C[C@H]1CC[C@@H](C(=O)O)O1. The highest BCUT2D eigenvalue weighted by Crippen LogP contribution is 2.20. The van der Waals surface area contributed by atoms with Crippen LogP contribution in [-0.4, -0.2) is 48.3 Å². The summed E-state index contributed by atoms with van der Waals surface area (Å²) < 4.78 is 5.35. The Morgan fingerprint density at radius 3 is 2.77 bits per heavy atom. The van der Waals surface area contributed by atoms with Crippen LogP contribution in [0.5, 0.6) is 0 Å². The van der Waals surface area contributed by atoms with E-state index in [4.69, 9.17) is 9.84 Å². The summed E-state index contributed by atoms with van der Waals surface area (Å²) in [7, 11) is 2.01. The summed E-state index contributed by atoms with van der Waals surface area (Å²) in [5.74, 6) is -0.832. The summed E-state index contributed by atoms with van der Waals surface area (Å²) in [4.78, 5) is 12.7. The fraction of sp³-hybridized carbons (Fsp3) is 0.889. The van der Waals surface area contributed by atoms with E-state index >= 15 is 0 Å². The first-order chi connectivity index (χ1) is 6.13. The maximum atomic E-state index is 10.6. The standard InChI is InChI=1S/C9H17NO3/c1-3-10(2)6-7-4-5-8(13-7)9(11)12/h7-8H,3-6H2,1-2H3,(H,11,12)/t7-,8+/m1/s1. The molecule has 0 spiro atoms. The maximum Gasteiger partial charge on any atom is 0.332 e. The Hall–Kier alpha value is -0.610. The predicted octanol–water partition coefficient (Wildman–Crippen LogP) is 0.570. The number of aliphatic carboxylic acids is 1. The molecule has 1 rings (SSSR count). The summed E-state index contributed by atoms with van der Waals surface area (Å²) in [5.41, 5.74) is 0. The summed E-state index contributed by atoms with van der Waals surface area (Å²) >= 11 is 0. The molecule has 1 aliphatic rings. The van der Waals surface area contributed by atoms with Crippen molar-refractivity contribution in [3.8, 4) is 0 Å². The molecule has 0 aromatic heterocycles. The molecule has 13 heavy (non-hydrogen) atoms. The molecule has 1 heterocycles. The van der Waals surface area contributed by atoms with Gasteiger partial charge >= 0.3 is 5.97 Å². The van der Waals surface area contributed by atoms with Crippen LogP contribution in [0.1, 0.15) is 19.8 Å². The fourth-order valence-corrected chi connectivity index (χ4v) is 1.50. The number of likely N-dealkylation sites (N-methyl/N-ethyl adjacent to an activating group) is 1. The van der Waals surface area contributed by atoms with Gasteiger partial charge in [-0.1, -0.05) is 6.92 Å². The maximum absolute atomic E-state index is 10.6. The Balaban J connectivity index is 2.29. The van der Waals surface area contributed by atoms with E-state index in [0.29, 0.717) is 6.42 Å². The van der Waals surface area contributed by atoms with Gasteiger partial charge in [0.1, 0.15) is 0 Å². The summed E-state index contributed by atoms with van der Waals surface area (Å²) in [6.07, 6.45) is 1.04. The number of carbonyl (C=O) groups is 1. The van der Waals surface area contributed by atoms with Crippen molar-refractivity contribution in [2.24, 2.45) is 0 Å². The number of hydrogen-bond acceptors (Lipinski definition) is 3. The zero-order valence-corrected chi connectivity index (χ0v) is 8.19. The van der Waals surface area contributed by atoms with Crippen LogP contribution in [0.4, 0.5) is 0 Å². The number of nitrogens with zero attached hydrogens (tertiary/aromatic N) is 1. The minimum absolute atomic E-state index is 0.103.